The maximum absolute atomic E-state index is 12.3. The van der Waals surface area contributed by atoms with Gasteiger partial charge in [0.05, 0.1) is 6.61 Å². The van der Waals surface area contributed by atoms with E-state index in [9.17, 15) is 9.59 Å². The summed E-state index contributed by atoms with van der Waals surface area (Å²) in [6.45, 7) is 5.97. The van der Waals surface area contributed by atoms with Crippen LogP contribution in [0.1, 0.15) is 13.8 Å². The Kier molecular flexibility index (Phi) is 4.58. The highest BCUT2D eigenvalue weighted by Crippen LogP contribution is 2.31. The molecule has 148 valence electrons. The van der Waals surface area contributed by atoms with Crippen LogP contribution in [0.3, 0.4) is 0 Å². The maximum Gasteiger partial charge on any atom is 0.325 e. The van der Waals surface area contributed by atoms with Gasteiger partial charge in [-0.25, -0.2) is 9.79 Å². The van der Waals surface area contributed by atoms with Crippen LogP contribution in [-0.4, -0.2) is 71.5 Å². The lowest BCUT2D eigenvalue weighted by Gasteiger charge is -2.34. The molecule has 0 spiro atoms. The van der Waals surface area contributed by atoms with Crippen molar-refractivity contribution >= 4 is 23.6 Å². The number of rotatable bonds is 6. The van der Waals surface area contributed by atoms with Gasteiger partial charge in [0.2, 0.25) is 5.96 Å². The molecule has 0 saturated carbocycles. The number of amides is 3. The molecule has 3 aliphatic rings. The van der Waals surface area contributed by atoms with E-state index < -0.39 is 18.2 Å². The van der Waals surface area contributed by atoms with Gasteiger partial charge in [0, 0.05) is 37.7 Å². The van der Waals surface area contributed by atoms with Gasteiger partial charge in [-0.05, 0) is 38.1 Å². The van der Waals surface area contributed by atoms with E-state index in [1.165, 1.54) is 4.90 Å². The summed E-state index contributed by atoms with van der Waals surface area (Å²) in [6, 6.07) is 6.91. The average Bonchev–Trinajstić information content (AvgIpc) is 3.18. The standard InChI is InChI=1S/C19H24N6O3/c1-4-28-14-7-5-13(6-8-14)20-9-10-24-12(2)11-25-15-16(21-18(24)25)23(3)19(27)22-17(15)26/h5-8,11,15-16,20H,4,9-10H2,1-3H3,(H,22,26,27). The Labute approximate surface area is 163 Å². The summed E-state index contributed by atoms with van der Waals surface area (Å²) in [6.07, 6.45) is 1.42. The van der Waals surface area contributed by atoms with E-state index in [0.29, 0.717) is 25.7 Å². The minimum atomic E-state index is -0.517. The summed E-state index contributed by atoms with van der Waals surface area (Å²) in [5.74, 6) is 1.24. The molecule has 3 heterocycles. The van der Waals surface area contributed by atoms with E-state index in [2.05, 4.69) is 20.5 Å². The van der Waals surface area contributed by atoms with Gasteiger partial charge in [0.1, 0.15) is 5.75 Å². The molecule has 1 aromatic carbocycles. The lowest BCUT2D eigenvalue weighted by Crippen LogP contribution is -2.62. The van der Waals surface area contributed by atoms with Crippen LogP contribution in [0.2, 0.25) is 0 Å². The molecule has 0 aliphatic carbocycles. The van der Waals surface area contributed by atoms with Crippen molar-refractivity contribution in [2.75, 3.05) is 32.1 Å². The fraction of sp³-hybridized carbons (Fsp3) is 0.421. The molecule has 0 bridgehead atoms. The highest BCUT2D eigenvalue weighted by atomic mass is 16.5. The first-order valence-corrected chi connectivity index (χ1v) is 9.36. The minimum Gasteiger partial charge on any atom is -0.494 e. The van der Waals surface area contributed by atoms with Crippen molar-refractivity contribution in [2.24, 2.45) is 4.99 Å². The van der Waals surface area contributed by atoms with Crippen molar-refractivity contribution in [3.63, 3.8) is 0 Å². The molecular formula is C19H24N6O3. The van der Waals surface area contributed by atoms with Crippen LogP contribution >= 0.6 is 0 Å². The second kappa shape index (κ2) is 7.06. The number of nitrogens with zero attached hydrogens (tertiary/aromatic N) is 4. The van der Waals surface area contributed by atoms with E-state index in [-0.39, 0.29) is 5.91 Å². The molecule has 9 nitrogen and oxygen atoms in total. The number of anilines is 1. The third-order valence-electron chi connectivity index (χ3n) is 5.10. The molecule has 0 radical (unpaired) electrons. The number of hydrogen-bond donors (Lipinski definition) is 2. The Morgan fingerprint density at radius 2 is 2.00 bits per heavy atom. The van der Waals surface area contributed by atoms with Crippen LogP contribution in [0.25, 0.3) is 0 Å². The molecule has 3 amide bonds. The zero-order valence-electron chi connectivity index (χ0n) is 16.2. The van der Waals surface area contributed by atoms with Gasteiger partial charge in [0.15, 0.2) is 12.2 Å². The number of imide groups is 1. The Morgan fingerprint density at radius 3 is 2.71 bits per heavy atom. The number of carbonyl (C=O) groups excluding carboxylic acids is 2. The SMILES string of the molecule is CCOc1ccc(NCCN2C(C)=CN3C2=NC2C3C(=O)NC(=O)N2C)cc1. The number of carbonyl (C=O) groups is 2. The van der Waals surface area contributed by atoms with E-state index >= 15 is 0 Å². The fourth-order valence-electron chi connectivity index (χ4n) is 3.67. The second-order valence-electron chi connectivity index (χ2n) is 6.91. The number of ether oxygens (including phenoxy) is 1. The molecule has 3 aliphatic heterocycles. The molecular weight excluding hydrogens is 360 g/mol. The van der Waals surface area contributed by atoms with Crippen molar-refractivity contribution in [1.82, 2.24) is 20.0 Å². The van der Waals surface area contributed by atoms with Crippen LogP contribution in [0.15, 0.2) is 41.2 Å². The Morgan fingerprint density at radius 1 is 1.25 bits per heavy atom. The molecule has 0 aromatic heterocycles. The lowest BCUT2D eigenvalue weighted by atomic mass is 10.1. The number of likely N-dealkylation sites (N-methyl/N-ethyl adjacent to an activating group) is 1. The van der Waals surface area contributed by atoms with Gasteiger partial charge in [-0.3, -0.25) is 10.1 Å². The topological polar surface area (TPSA) is 89.5 Å². The number of fused-ring (bicyclic) bond motifs is 3. The number of guanidine groups is 1. The first-order chi connectivity index (χ1) is 13.5. The molecule has 1 saturated heterocycles. The monoisotopic (exact) mass is 384 g/mol. The summed E-state index contributed by atoms with van der Waals surface area (Å²) < 4.78 is 5.45. The van der Waals surface area contributed by atoms with Crippen LogP contribution in [-0.2, 0) is 4.79 Å². The molecule has 9 heteroatoms. The Balaban J connectivity index is 1.41. The first-order valence-electron chi connectivity index (χ1n) is 9.36. The van der Waals surface area contributed by atoms with Crippen LogP contribution < -0.4 is 15.4 Å². The molecule has 2 unspecified atom stereocenters. The highest BCUT2D eigenvalue weighted by Gasteiger charge is 2.51. The normalized spacial score (nSPS) is 23.2. The van der Waals surface area contributed by atoms with Crippen molar-refractivity contribution in [3.8, 4) is 5.75 Å². The number of allylic oxidation sites excluding steroid dienone is 1. The summed E-state index contributed by atoms with van der Waals surface area (Å²) in [5, 5.41) is 5.77. The largest absolute Gasteiger partial charge is 0.494 e. The lowest BCUT2D eigenvalue weighted by molar-refractivity contribution is -0.126. The average molecular weight is 384 g/mol. The van der Waals surface area contributed by atoms with Crippen molar-refractivity contribution < 1.29 is 14.3 Å². The van der Waals surface area contributed by atoms with Crippen LogP contribution in [0, 0.1) is 0 Å². The Hall–Kier alpha value is -3.23. The van der Waals surface area contributed by atoms with E-state index in [0.717, 1.165) is 17.1 Å². The van der Waals surface area contributed by atoms with Crippen molar-refractivity contribution in [3.05, 3.63) is 36.2 Å². The molecule has 28 heavy (non-hydrogen) atoms. The summed E-state index contributed by atoms with van der Waals surface area (Å²) in [7, 11) is 1.65. The maximum atomic E-state index is 12.3. The molecule has 2 atom stereocenters. The van der Waals surface area contributed by atoms with Gasteiger partial charge in [-0.1, -0.05) is 0 Å². The number of nitrogens with one attached hydrogen (secondary N) is 2. The molecule has 2 N–H and O–H groups in total. The van der Waals surface area contributed by atoms with Crippen LogP contribution in [0.5, 0.6) is 5.75 Å². The summed E-state index contributed by atoms with van der Waals surface area (Å²) in [4.78, 5) is 34.2. The second-order valence-corrected chi connectivity index (χ2v) is 6.91. The van der Waals surface area contributed by atoms with E-state index in [4.69, 9.17) is 4.74 Å². The van der Waals surface area contributed by atoms with Crippen LogP contribution in [0.4, 0.5) is 10.5 Å². The first kappa shape index (κ1) is 18.1. The van der Waals surface area contributed by atoms with E-state index in [1.807, 2.05) is 49.2 Å². The fourth-order valence-corrected chi connectivity index (χ4v) is 3.67. The highest BCUT2D eigenvalue weighted by molar-refractivity contribution is 6.04. The number of aliphatic imine (C=N–C) groups is 1. The predicted molar refractivity (Wildman–Crippen MR) is 105 cm³/mol. The quantitative estimate of drug-likeness (QED) is 0.767. The number of benzene rings is 1. The zero-order chi connectivity index (χ0) is 19.8. The number of hydrogen-bond acceptors (Lipinski definition) is 7. The van der Waals surface area contributed by atoms with Gasteiger partial charge < -0.3 is 24.8 Å². The third kappa shape index (κ3) is 3.02. The van der Waals surface area contributed by atoms with E-state index in [1.54, 1.807) is 7.05 Å². The molecule has 1 fully saturated rings. The van der Waals surface area contributed by atoms with Gasteiger partial charge >= 0.3 is 6.03 Å². The summed E-state index contributed by atoms with van der Waals surface area (Å²) >= 11 is 0. The minimum absolute atomic E-state index is 0.315. The van der Waals surface area contributed by atoms with Crippen molar-refractivity contribution in [2.45, 2.75) is 26.1 Å². The van der Waals surface area contributed by atoms with Crippen molar-refractivity contribution in [1.29, 1.82) is 0 Å². The summed E-state index contributed by atoms with van der Waals surface area (Å²) in [5.41, 5.74) is 2.02. The van der Waals surface area contributed by atoms with Gasteiger partial charge in [-0.15, -0.1) is 0 Å². The molecule has 1 aromatic rings. The molecule has 4 rings (SSSR count). The number of urea groups is 1. The Bertz CT molecular complexity index is 850. The van der Waals surface area contributed by atoms with Gasteiger partial charge in [0.25, 0.3) is 5.91 Å². The predicted octanol–water partition coefficient (Wildman–Crippen LogP) is 1.22. The van der Waals surface area contributed by atoms with Gasteiger partial charge in [-0.2, -0.15) is 0 Å². The zero-order valence-corrected chi connectivity index (χ0v) is 16.2. The third-order valence-corrected chi connectivity index (χ3v) is 5.10. The smallest absolute Gasteiger partial charge is 0.325 e.